The molecule has 33 heavy (non-hydrogen) atoms. The summed E-state index contributed by atoms with van der Waals surface area (Å²) in [5.74, 6) is 1.67. The van der Waals surface area contributed by atoms with Gasteiger partial charge in [0.1, 0.15) is 17.3 Å². The van der Waals surface area contributed by atoms with E-state index in [-0.39, 0.29) is 18.4 Å². The molecule has 1 aromatic heterocycles. The van der Waals surface area contributed by atoms with Crippen LogP contribution in [0.1, 0.15) is 10.4 Å². The molecule has 2 aromatic carbocycles. The summed E-state index contributed by atoms with van der Waals surface area (Å²) in [6, 6.07) is 13.9. The Morgan fingerprint density at radius 3 is 2.48 bits per heavy atom. The van der Waals surface area contributed by atoms with Gasteiger partial charge in [-0.1, -0.05) is 6.07 Å². The van der Waals surface area contributed by atoms with Crippen LogP contribution in [-0.2, 0) is 4.79 Å². The molecule has 3 aromatic rings. The number of nitrogens with zero attached hydrogens (tertiary/aromatic N) is 4. The van der Waals surface area contributed by atoms with Crippen LogP contribution in [0.15, 0.2) is 67.1 Å². The lowest BCUT2D eigenvalue weighted by atomic mass is 10.1. The molecule has 170 valence electrons. The lowest BCUT2D eigenvalue weighted by molar-refractivity contribution is -0.118. The molecule has 9 heteroatoms. The molecule has 0 bridgehead atoms. The Labute approximate surface area is 192 Å². The molecule has 4 rings (SSSR count). The number of amides is 2. The highest BCUT2D eigenvalue weighted by molar-refractivity contribution is 5.94. The third kappa shape index (κ3) is 5.76. The quantitative estimate of drug-likeness (QED) is 0.594. The number of hydrogen-bond donors (Lipinski definition) is 1. The minimum Gasteiger partial charge on any atom is -0.497 e. The van der Waals surface area contributed by atoms with E-state index >= 15 is 0 Å². The van der Waals surface area contributed by atoms with E-state index in [0.717, 1.165) is 5.82 Å². The maximum Gasteiger partial charge on any atom is 0.262 e. The van der Waals surface area contributed by atoms with Crippen LogP contribution in [0.5, 0.6) is 11.5 Å². The van der Waals surface area contributed by atoms with Gasteiger partial charge in [-0.05, 0) is 36.4 Å². The van der Waals surface area contributed by atoms with Crippen LogP contribution in [-0.4, -0.2) is 66.6 Å². The molecule has 0 spiro atoms. The van der Waals surface area contributed by atoms with Crippen LogP contribution in [0.3, 0.4) is 0 Å². The van der Waals surface area contributed by atoms with Crippen molar-refractivity contribution < 1.29 is 19.1 Å². The largest absolute Gasteiger partial charge is 0.497 e. The van der Waals surface area contributed by atoms with Crippen molar-refractivity contribution >= 4 is 23.3 Å². The van der Waals surface area contributed by atoms with Crippen molar-refractivity contribution in [1.29, 1.82) is 0 Å². The van der Waals surface area contributed by atoms with Gasteiger partial charge in [0, 0.05) is 55.9 Å². The van der Waals surface area contributed by atoms with Gasteiger partial charge in [0.15, 0.2) is 6.61 Å². The topological polar surface area (TPSA) is 96.9 Å². The molecule has 0 atom stereocenters. The summed E-state index contributed by atoms with van der Waals surface area (Å²) < 4.78 is 10.7. The molecule has 1 fully saturated rings. The number of carbonyl (C=O) groups excluding carboxylic acids is 2. The number of nitrogens with one attached hydrogen (secondary N) is 1. The van der Waals surface area contributed by atoms with Crippen molar-refractivity contribution in [2.24, 2.45) is 0 Å². The average Bonchev–Trinajstić information content (AvgIpc) is 2.88. The predicted molar refractivity (Wildman–Crippen MR) is 124 cm³/mol. The van der Waals surface area contributed by atoms with Gasteiger partial charge in [0.05, 0.1) is 13.3 Å². The number of rotatable bonds is 7. The SMILES string of the molecule is COc1cccc(NC(=O)COc2ccc(C(=O)N3CCN(c4cnccn4)CC3)cc2)c1. The van der Waals surface area contributed by atoms with Crippen molar-refractivity contribution in [3.8, 4) is 11.5 Å². The van der Waals surface area contributed by atoms with Crippen molar-refractivity contribution in [3.05, 3.63) is 72.7 Å². The fourth-order valence-electron chi connectivity index (χ4n) is 3.52. The standard InChI is InChI=1S/C24H25N5O4/c1-32-21-4-2-3-19(15-21)27-23(30)17-33-20-7-5-18(6-8-20)24(31)29-13-11-28(12-14-29)22-16-25-9-10-26-22/h2-10,15-16H,11-14,17H2,1H3,(H,27,30). The third-order valence-electron chi connectivity index (χ3n) is 5.27. The van der Waals surface area contributed by atoms with E-state index in [2.05, 4.69) is 20.2 Å². The second-order valence-corrected chi connectivity index (χ2v) is 7.44. The Kier molecular flexibility index (Phi) is 6.99. The summed E-state index contributed by atoms with van der Waals surface area (Å²) in [5.41, 5.74) is 1.21. The zero-order valence-corrected chi connectivity index (χ0v) is 18.3. The number of hydrogen-bond acceptors (Lipinski definition) is 7. The summed E-state index contributed by atoms with van der Waals surface area (Å²) in [4.78, 5) is 37.3. The molecular formula is C24H25N5O4. The Balaban J connectivity index is 1.25. The molecule has 0 radical (unpaired) electrons. The monoisotopic (exact) mass is 447 g/mol. The minimum absolute atomic E-state index is 0.0314. The Morgan fingerprint density at radius 2 is 1.79 bits per heavy atom. The smallest absolute Gasteiger partial charge is 0.262 e. The summed E-state index contributed by atoms with van der Waals surface area (Å²) in [7, 11) is 1.57. The maximum absolute atomic E-state index is 12.8. The second kappa shape index (κ2) is 10.4. The summed E-state index contributed by atoms with van der Waals surface area (Å²) in [5, 5.41) is 2.76. The molecule has 0 unspecified atom stereocenters. The number of carbonyl (C=O) groups is 2. The normalized spacial score (nSPS) is 13.4. The number of methoxy groups -OCH3 is 1. The molecule has 1 aliphatic heterocycles. The Hall–Kier alpha value is -4.14. The van der Waals surface area contributed by atoms with E-state index in [1.165, 1.54) is 0 Å². The van der Waals surface area contributed by atoms with Crippen LogP contribution in [0, 0.1) is 0 Å². The summed E-state index contributed by atoms with van der Waals surface area (Å²) >= 11 is 0. The Bertz CT molecular complexity index is 1080. The van der Waals surface area contributed by atoms with E-state index < -0.39 is 0 Å². The van der Waals surface area contributed by atoms with E-state index in [1.807, 2.05) is 4.90 Å². The van der Waals surface area contributed by atoms with Crippen LogP contribution >= 0.6 is 0 Å². The molecular weight excluding hydrogens is 422 g/mol. The van der Waals surface area contributed by atoms with Gasteiger partial charge in [-0.25, -0.2) is 4.98 Å². The van der Waals surface area contributed by atoms with Crippen molar-refractivity contribution in [3.63, 3.8) is 0 Å². The first-order valence-corrected chi connectivity index (χ1v) is 10.6. The van der Waals surface area contributed by atoms with Gasteiger partial charge >= 0.3 is 0 Å². The lowest BCUT2D eigenvalue weighted by Crippen LogP contribution is -2.49. The van der Waals surface area contributed by atoms with Crippen LogP contribution in [0.25, 0.3) is 0 Å². The highest BCUT2D eigenvalue weighted by atomic mass is 16.5. The third-order valence-corrected chi connectivity index (χ3v) is 5.27. The molecule has 0 saturated carbocycles. The predicted octanol–water partition coefficient (Wildman–Crippen LogP) is 2.47. The van der Waals surface area contributed by atoms with Gasteiger partial charge in [0.25, 0.3) is 11.8 Å². The molecule has 1 saturated heterocycles. The van der Waals surface area contributed by atoms with Crippen LogP contribution in [0.2, 0.25) is 0 Å². The highest BCUT2D eigenvalue weighted by Crippen LogP contribution is 2.18. The van der Waals surface area contributed by atoms with Gasteiger partial charge in [-0.15, -0.1) is 0 Å². The zero-order chi connectivity index (χ0) is 23.0. The van der Waals surface area contributed by atoms with Crippen LogP contribution < -0.4 is 19.7 Å². The number of ether oxygens (including phenoxy) is 2. The first kappa shape index (κ1) is 22.1. The molecule has 0 aliphatic carbocycles. The molecule has 2 amide bonds. The van der Waals surface area contributed by atoms with Gasteiger partial charge < -0.3 is 24.6 Å². The molecule has 1 aliphatic rings. The summed E-state index contributed by atoms with van der Waals surface area (Å²) in [6.45, 7) is 2.48. The van der Waals surface area contributed by atoms with E-state index in [1.54, 1.807) is 74.2 Å². The van der Waals surface area contributed by atoms with E-state index in [9.17, 15) is 9.59 Å². The molecule has 2 heterocycles. The average molecular weight is 447 g/mol. The van der Waals surface area contributed by atoms with Crippen molar-refractivity contribution in [2.75, 3.05) is 50.1 Å². The summed E-state index contributed by atoms with van der Waals surface area (Å²) in [6.07, 6.45) is 5.04. The fourth-order valence-corrected chi connectivity index (χ4v) is 3.52. The van der Waals surface area contributed by atoms with Gasteiger partial charge in [-0.2, -0.15) is 0 Å². The molecule has 1 N–H and O–H groups in total. The lowest BCUT2D eigenvalue weighted by Gasteiger charge is -2.35. The van der Waals surface area contributed by atoms with Crippen LogP contribution in [0.4, 0.5) is 11.5 Å². The second-order valence-electron chi connectivity index (χ2n) is 7.44. The minimum atomic E-state index is -0.288. The fraction of sp³-hybridized carbons (Fsp3) is 0.250. The highest BCUT2D eigenvalue weighted by Gasteiger charge is 2.23. The Morgan fingerprint density at radius 1 is 1.00 bits per heavy atom. The number of benzene rings is 2. The first-order valence-electron chi connectivity index (χ1n) is 10.6. The maximum atomic E-state index is 12.8. The number of anilines is 2. The van der Waals surface area contributed by atoms with Crippen molar-refractivity contribution in [1.82, 2.24) is 14.9 Å². The van der Waals surface area contributed by atoms with E-state index in [4.69, 9.17) is 9.47 Å². The van der Waals surface area contributed by atoms with Gasteiger partial charge in [0.2, 0.25) is 0 Å². The van der Waals surface area contributed by atoms with Crippen molar-refractivity contribution in [2.45, 2.75) is 0 Å². The van der Waals surface area contributed by atoms with Gasteiger partial charge in [-0.3, -0.25) is 14.6 Å². The number of aromatic nitrogens is 2. The van der Waals surface area contributed by atoms with E-state index in [0.29, 0.717) is 48.9 Å². The molecule has 9 nitrogen and oxygen atoms in total. The first-order chi connectivity index (χ1) is 16.1. The zero-order valence-electron chi connectivity index (χ0n) is 18.3. The number of piperazine rings is 1.